The van der Waals surface area contributed by atoms with Crippen LogP contribution in [-0.4, -0.2) is 42.7 Å². The topological polar surface area (TPSA) is 110 Å². The molecule has 1 heterocycles. The highest BCUT2D eigenvalue weighted by Gasteiger charge is 2.56. The lowest BCUT2D eigenvalue weighted by atomic mass is 9.59. The maximum absolute atomic E-state index is 14.3. The minimum atomic E-state index is -0.721. The number of allylic oxidation sites excluding steroid dienone is 7. The van der Waals surface area contributed by atoms with Gasteiger partial charge in [-0.15, -0.1) is 6.58 Å². The van der Waals surface area contributed by atoms with Gasteiger partial charge in [0, 0.05) is 33.8 Å². The van der Waals surface area contributed by atoms with Crippen molar-refractivity contribution in [2.24, 2.45) is 17.8 Å². The molecule has 1 fully saturated rings. The Balaban J connectivity index is 1.22. The van der Waals surface area contributed by atoms with E-state index in [4.69, 9.17) is 9.47 Å². The van der Waals surface area contributed by atoms with Crippen LogP contribution in [0.5, 0.6) is 17.2 Å². The summed E-state index contributed by atoms with van der Waals surface area (Å²) < 4.78 is 10.8. The van der Waals surface area contributed by atoms with Crippen molar-refractivity contribution in [2.75, 3.05) is 19.1 Å². The van der Waals surface area contributed by atoms with Crippen molar-refractivity contribution in [3.8, 4) is 17.2 Å². The van der Waals surface area contributed by atoms with Gasteiger partial charge in [0.25, 0.3) is 0 Å². The Labute approximate surface area is 290 Å². The predicted octanol–water partition coefficient (Wildman–Crippen LogP) is 6.94. The van der Waals surface area contributed by atoms with Gasteiger partial charge in [-0.2, -0.15) is 0 Å². The Morgan fingerprint density at radius 2 is 1.72 bits per heavy atom. The number of nitrogens with zero attached hydrogens (tertiary/aromatic N) is 1. The molecule has 3 aromatic carbocycles. The van der Waals surface area contributed by atoms with E-state index in [9.17, 15) is 24.3 Å². The van der Waals surface area contributed by atoms with Crippen molar-refractivity contribution in [2.45, 2.75) is 32.1 Å². The number of imide groups is 1. The lowest BCUT2D eigenvalue weighted by Gasteiger charge is -2.42. The second-order valence-corrected chi connectivity index (χ2v) is 13.1. The summed E-state index contributed by atoms with van der Waals surface area (Å²) in [5, 5.41) is 11.5. The van der Waals surface area contributed by atoms with Gasteiger partial charge in [0.1, 0.15) is 17.2 Å². The van der Waals surface area contributed by atoms with Crippen LogP contribution >= 0.6 is 0 Å². The van der Waals surface area contributed by atoms with Gasteiger partial charge in [-0.1, -0.05) is 60.2 Å². The van der Waals surface area contributed by atoms with Crippen LogP contribution in [-0.2, 0) is 25.6 Å². The first-order chi connectivity index (χ1) is 24.2. The standard InChI is InChI=1S/C42H37NO7/c1-5-7-25-8-6-9-30(40(25)46)36-29-17-18-31-37(32(29)22-33-34(44)20-23(2)39(45)38(33)36)42(48)43(41(31)47)27-14-11-24(12-15-27)10-13-26-21-28(49-3)16-19-35(26)50-4/h5-6,8-17,19-21,31-32,36-37,46H,1,7,18,22H2,2-4H3. The molecule has 0 aromatic heterocycles. The number of hydrogen-bond donors (Lipinski definition) is 1. The first kappa shape index (κ1) is 32.8. The molecule has 4 aliphatic rings. The molecular weight excluding hydrogens is 630 g/mol. The second kappa shape index (κ2) is 12.9. The zero-order chi connectivity index (χ0) is 35.3. The van der Waals surface area contributed by atoms with E-state index in [1.165, 1.54) is 11.0 Å². The van der Waals surface area contributed by atoms with Crippen LogP contribution in [0.1, 0.15) is 47.9 Å². The Bertz CT molecular complexity index is 2100. The van der Waals surface area contributed by atoms with Gasteiger partial charge in [0.2, 0.25) is 11.8 Å². The summed E-state index contributed by atoms with van der Waals surface area (Å²) in [5.41, 5.74) is 5.16. The molecule has 3 aliphatic carbocycles. The summed E-state index contributed by atoms with van der Waals surface area (Å²) >= 11 is 0. The van der Waals surface area contributed by atoms with Crippen molar-refractivity contribution < 1.29 is 33.8 Å². The average Bonchev–Trinajstić information content (AvgIpc) is 3.39. The predicted molar refractivity (Wildman–Crippen MR) is 191 cm³/mol. The number of benzene rings is 3. The normalized spacial score (nSPS) is 23.0. The highest BCUT2D eigenvalue weighted by atomic mass is 16.5. The van der Waals surface area contributed by atoms with Crippen molar-refractivity contribution in [3.63, 3.8) is 0 Å². The molecule has 1 aliphatic heterocycles. The Morgan fingerprint density at radius 1 is 0.940 bits per heavy atom. The third-order valence-corrected chi connectivity index (χ3v) is 10.4. The fraction of sp³-hybridized carbons (Fsp3) is 0.238. The fourth-order valence-corrected chi connectivity index (χ4v) is 8.03. The number of hydrogen-bond acceptors (Lipinski definition) is 7. The number of fused-ring (bicyclic) bond motifs is 3. The number of amides is 2. The summed E-state index contributed by atoms with van der Waals surface area (Å²) in [6.45, 7) is 5.43. The number of phenols is 1. The number of methoxy groups -OCH3 is 2. The van der Waals surface area contributed by atoms with Gasteiger partial charge in [-0.25, -0.2) is 0 Å². The smallest absolute Gasteiger partial charge is 0.238 e. The van der Waals surface area contributed by atoms with E-state index in [1.807, 2.05) is 54.6 Å². The van der Waals surface area contributed by atoms with Crippen LogP contribution in [0.15, 0.2) is 108 Å². The van der Waals surface area contributed by atoms with E-state index in [1.54, 1.807) is 51.5 Å². The third-order valence-electron chi connectivity index (χ3n) is 10.4. The Hall–Kier alpha value is -5.76. The molecule has 8 nitrogen and oxygen atoms in total. The van der Waals surface area contributed by atoms with Crippen molar-refractivity contribution in [1.82, 2.24) is 0 Å². The van der Waals surface area contributed by atoms with Crippen LogP contribution in [0.2, 0.25) is 0 Å². The fourth-order valence-electron chi connectivity index (χ4n) is 8.03. The number of aromatic hydroxyl groups is 1. The van der Waals surface area contributed by atoms with E-state index in [-0.39, 0.29) is 35.6 Å². The van der Waals surface area contributed by atoms with Crippen molar-refractivity contribution in [3.05, 3.63) is 130 Å². The molecule has 8 heteroatoms. The highest BCUT2D eigenvalue weighted by molar-refractivity contribution is 6.25. The summed E-state index contributed by atoms with van der Waals surface area (Å²) in [4.78, 5) is 56.8. The summed E-state index contributed by atoms with van der Waals surface area (Å²) in [5.74, 6) is -2.22. The number of rotatable bonds is 8. The number of phenolic OH excluding ortho intramolecular Hbond substituents is 1. The minimum Gasteiger partial charge on any atom is -0.507 e. The van der Waals surface area contributed by atoms with Crippen molar-refractivity contribution >= 4 is 41.2 Å². The molecule has 2 amide bonds. The number of Topliss-reactive ketones (excluding diaryl/α,β-unsaturated/α-hetero) is 1. The lowest BCUT2D eigenvalue weighted by Crippen LogP contribution is -2.39. The monoisotopic (exact) mass is 667 g/mol. The lowest BCUT2D eigenvalue weighted by molar-refractivity contribution is -0.123. The van der Waals surface area contributed by atoms with E-state index >= 15 is 0 Å². The van der Waals surface area contributed by atoms with Gasteiger partial charge in [0.15, 0.2) is 11.6 Å². The summed E-state index contributed by atoms with van der Waals surface area (Å²) in [6, 6.07) is 18.1. The molecule has 4 atom stereocenters. The van der Waals surface area contributed by atoms with Crippen LogP contribution in [0.4, 0.5) is 5.69 Å². The number of para-hydroxylation sites is 1. The number of ketones is 2. The molecule has 0 bridgehead atoms. The van der Waals surface area contributed by atoms with E-state index in [2.05, 4.69) is 6.58 Å². The van der Waals surface area contributed by atoms with Gasteiger partial charge in [-0.05, 0) is 79.6 Å². The van der Waals surface area contributed by atoms with Crippen molar-refractivity contribution in [1.29, 1.82) is 0 Å². The quantitative estimate of drug-likeness (QED) is 0.120. The summed E-state index contributed by atoms with van der Waals surface area (Å²) in [7, 11) is 3.21. The number of anilines is 1. The highest BCUT2D eigenvalue weighted by Crippen LogP contribution is 2.56. The molecule has 3 aromatic rings. The molecule has 50 heavy (non-hydrogen) atoms. The summed E-state index contributed by atoms with van der Waals surface area (Å²) in [6.07, 6.45) is 9.73. The molecule has 0 radical (unpaired) electrons. The molecule has 252 valence electrons. The largest absolute Gasteiger partial charge is 0.507 e. The van der Waals surface area contributed by atoms with Crippen LogP contribution in [0, 0.1) is 17.8 Å². The van der Waals surface area contributed by atoms with Gasteiger partial charge >= 0.3 is 0 Å². The SMILES string of the molecule is C=CCc1cccc(C2C3=CCC4C(=O)N(c5ccc(C=Cc6cc(OC)ccc6OC)cc5)C(=O)C4C3CC3=C2C(=O)C(C)=CC3=O)c1O. The average molecular weight is 668 g/mol. The molecular formula is C42H37NO7. The minimum absolute atomic E-state index is 0.0369. The van der Waals surface area contributed by atoms with Gasteiger partial charge in [-0.3, -0.25) is 24.1 Å². The van der Waals surface area contributed by atoms with Gasteiger partial charge in [0.05, 0.1) is 31.7 Å². The second-order valence-electron chi connectivity index (χ2n) is 13.1. The Morgan fingerprint density at radius 3 is 2.44 bits per heavy atom. The van der Waals surface area contributed by atoms with Gasteiger partial charge < -0.3 is 14.6 Å². The molecule has 0 spiro atoms. The van der Waals surface area contributed by atoms with E-state index < -0.39 is 23.7 Å². The number of carbonyl (C=O) groups excluding carboxylic acids is 4. The maximum Gasteiger partial charge on any atom is 0.238 e. The molecule has 4 unspecified atom stereocenters. The van der Waals surface area contributed by atoms with E-state index in [0.717, 1.165) is 16.7 Å². The molecule has 7 rings (SSSR count). The van der Waals surface area contributed by atoms with Crippen LogP contribution in [0.25, 0.3) is 12.2 Å². The molecule has 1 saturated heterocycles. The first-order valence-corrected chi connectivity index (χ1v) is 16.7. The number of carbonyl (C=O) groups is 4. The number of ether oxygens (including phenoxy) is 2. The maximum atomic E-state index is 14.3. The first-order valence-electron chi connectivity index (χ1n) is 16.7. The zero-order valence-corrected chi connectivity index (χ0v) is 28.1. The molecule has 0 saturated carbocycles. The van der Waals surface area contributed by atoms with Crippen LogP contribution < -0.4 is 14.4 Å². The van der Waals surface area contributed by atoms with Crippen LogP contribution in [0.3, 0.4) is 0 Å². The Kier molecular flexibility index (Phi) is 8.48. The zero-order valence-electron chi connectivity index (χ0n) is 28.1. The molecule has 1 N–H and O–H groups in total. The third kappa shape index (κ3) is 5.32. The van der Waals surface area contributed by atoms with E-state index in [0.29, 0.717) is 57.9 Å².